The number of benzene rings is 2. The summed E-state index contributed by atoms with van der Waals surface area (Å²) in [5.41, 5.74) is 2.62. The molecule has 1 aliphatic heterocycles. The van der Waals surface area contributed by atoms with Gasteiger partial charge in [0.15, 0.2) is 0 Å². The second-order valence-corrected chi connectivity index (χ2v) is 7.61. The van der Waals surface area contributed by atoms with Crippen molar-refractivity contribution in [1.82, 2.24) is 4.90 Å². The lowest BCUT2D eigenvalue weighted by Gasteiger charge is -2.31. The first kappa shape index (κ1) is 17.6. The Bertz CT molecular complexity index is 779. The van der Waals surface area contributed by atoms with Crippen molar-refractivity contribution in [3.63, 3.8) is 0 Å². The van der Waals surface area contributed by atoms with Crippen LogP contribution in [0.25, 0.3) is 0 Å². The summed E-state index contributed by atoms with van der Waals surface area (Å²) in [7, 11) is 0. The van der Waals surface area contributed by atoms with Gasteiger partial charge in [-0.15, -0.1) is 11.8 Å². The molecule has 2 aromatic carbocycles. The summed E-state index contributed by atoms with van der Waals surface area (Å²) in [4.78, 5) is 16.0. The van der Waals surface area contributed by atoms with Crippen molar-refractivity contribution < 1.29 is 4.79 Å². The van der Waals surface area contributed by atoms with Crippen LogP contribution in [-0.2, 0) is 5.75 Å². The number of amides is 1. The molecule has 0 spiro atoms. The average molecular weight is 350 g/mol. The molecule has 4 heteroatoms. The standard InChI is InChI=1S/C21H22N2OS/c1-16-5-4-12-23(14-16)21(24)19-6-2-3-7-20(19)25-15-18-10-8-17(13-22)9-11-18/h2-3,6-11,16H,4-5,12,14-15H2,1H3. The summed E-state index contributed by atoms with van der Waals surface area (Å²) in [6.45, 7) is 3.93. The highest BCUT2D eigenvalue weighted by Gasteiger charge is 2.23. The number of nitriles is 1. The molecule has 0 radical (unpaired) electrons. The Morgan fingerprint density at radius 2 is 2.00 bits per heavy atom. The maximum Gasteiger partial charge on any atom is 0.254 e. The molecule has 1 fully saturated rings. The van der Waals surface area contributed by atoms with Gasteiger partial charge in [0.25, 0.3) is 5.91 Å². The Hall–Kier alpha value is -2.25. The van der Waals surface area contributed by atoms with E-state index in [2.05, 4.69) is 13.0 Å². The van der Waals surface area contributed by atoms with Crippen molar-refractivity contribution in [1.29, 1.82) is 5.26 Å². The van der Waals surface area contributed by atoms with E-state index >= 15 is 0 Å². The van der Waals surface area contributed by atoms with E-state index in [9.17, 15) is 4.79 Å². The van der Waals surface area contributed by atoms with Crippen LogP contribution >= 0.6 is 11.8 Å². The SMILES string of the molecule is CC1CCCN(C(=O)c2ccccc2SCc2ccc(C#N)cc2)C1. The Morgan fingerprint density at radius 1 is 1.24 bits per heavy atom. The predicted molar refractivity (Wildman–Crippen MR) is 101 cm³/mol. The van der Waals surface area contributed by atoms with E-state index in [0.29, 0.717) is 11.5 Å². The molecule has 128 valence electrons. The Kier molecular flexibility index (Phi) is 5.78. The van der Waals surface area contributed by atoms with Gasteiger partial charge in [-0.05, 0) is 48.6 Å². The maximum absolute atomic E-state index is 12.9. The number of piperidine rings is 1. The van der Waals surface area contributed by atoms with Gasteiger partial charge in [0.1, 0.15) is 0 Å². The second kappa shape index (κ2) is 8.22. The molecule has 1 amide bonds. The monoisotopic (exact) mass is 350 g/mol. The highest BCUT2D eigenvalue weighted by atomic mass is 32.2. The van der Waals surface area contributed by atoms with Gasteiger partial charge < -0.3 is 4.90 Å². The van der Waals surface area contributed by atoms with Gasteiger partial charge in [0.05, 0.1) is 17.2 Å². The topological polar surface area (TPSA) is 44.1 Å². The number of hydrogen-bond donors (Lipinski definition) is 0. The molecule has 1 heterocycles. The number of carbonyl (C=O) groups excluding carboxylic acids is 1. The minimum Gasteiger partial charge on any atom is -0.338 e. The minimum atomic E-state index is 0.148. The van der Waals surface area contributed by atoms with Crippen molar-refractivity contribution in [2.45, 2.75) is 30.4 Å². The van der Waals surface area contributed by atoms with E-state index in [-0.39, 0.29) is 5.91 Å². The van der Waals surface area contributed by atoms with E-state index in [0.717, 1.165) is 41.3 Å². The van der Waals surface area contributed by atoms with Crippen LogP contribution in [0.15, 0.2) is 53.4 Å². The highest BCUT2D eigenvalue weighted by molar-refractivity contribution is 7.98. The molecule has 3 nitrogen and oxygen atoms in total. The zero-order valence-corrected chi connectivity index (χ0v) is 15.3. The molecule has 3 rings (SSSR count). The molecule has 1 unspecified atom stereocenters. The van der Waals surface area contributed by atoms with Gasteiger partial charge in [-0.25, -0.2) is 0 Å². The first-order valence-corrected chi connectivity index (χ1v) is 9.66. The lowest BCUT2D eigenvalue weighted by molar-refractivity contribution is 0.0679. The summed E-state index contributed by atoms with van der Waals surface area (Å²) in [5.74, 6) is 1.51. The molecule has 1 saturated heterocycles. The fraction of sp³-hybridized carbons (Fsp3) is 0.333. The van der Waals surface area contributed by atoms with Crippen molar-refractivity contribution >= 4 is 17.7 Å². The summed E-state index contributed by atoms with van der Waals surface area (Å²) in [5, 5.41) is 8.88. The van der Waals surface area contributed by atoms with Gasteiger partial charge in [-0.3, -0.25) is 4.79 Å². The zero-order chi connectivity index (χ0) is 17.6. The largest absolute Gasteiger partial charge is 0.338 e. The Morgan fingerprint density at radius 3 is 2.72 bits per heavy atom. The third kappa shape index (κ3) is 4.43. The van der Waals surface area contributed by atoms with Crippen LogP contribution in [0.4, 0.5) is 0 Å². The number of thioether (sulfide) groups is 1. The van der Waals surface area contributed by atoms with E-state index in [1.807, 2.05) is 53.4 Å². The molecule has 0 aromatic heterocycles. The Labute approximate surface area is 153 Å². The minimum absolute atomic E-state index is 0.148. The van der Waals surface area contributed by atoms with E-state index in [1.54, 1.807) is 11.8 Å². The molecule has 1 aliphatic rings. The van der Waals surface area contributed by atoms with Crippen LogP contribution in [0.5, 0.6) is 0 Å². The van der Waals surface area contributed by atoms with Gasteiger partial charge in [0.2, 0.25) is 0 Å². The van der Waals surface area contributed by atoms with Gasteiger partial charge in [0, 0.05) is 23.7 Å². The van der Waals surface area contributed by atoms with Gasteiger partial charge >= 0.3 is 0 Å². The van der Waals surface area contributed by atoms with Crippen LogP contribution in [0, 0.1) is 17.2 Å². The smallest absolute Gasteiger partial charge is 0.254 e. The predicted octanol–water partition coefficient (Wildman–Crippen LogP) is 4.72. The number of likely N-dealkylation sites (tertiary alicyclic amines) is 1. The van der Waals surface area contributed by atoms with Crippen molar-refractivity contribution in [3.8, 4) is 6.07 Å². The fourth-order valence-corrected chi connectivity index (χ4v) is 4.15. The Balaban J connectivity index is 1.71. The van der Waals surface area contributed by atoms with Gasteiger partial charge in [-0.1, -0.05) is 31.2 Å². The summed E-state index contributed by atoms with van der Waals surface area (Å²) in [6.07, 6.45) is 2.30. The van der Waals surface area contributed by atoms with Gasteiger partial charge in [-0.2, -0.15) is 5.26 Å². The van der Waals surface area contributed by atoms with Crippen molar-refractivity contribution in [2.24, 2.45) is 5.92 Å². The van der Waals surface area contributed by atoms with Crippen molar-refractivity contribution in [2.75, 3.05) is 13.1 Å². The maximum atomic E-state index is 12.9. The fourth-order valence-electron chi connectivity index (χ4n) is 3.15. The normalized spacial score (nSPS) is 17.1. The second-order valence-electron chi connectivity index (χ2n) is 6.59. The first-order valence-electron chi connectivity index (χ1n) is 8.67. The average Bonchev–Trinajstić information content (AvgIpc) is 2.66. The molecule has 25 heavy (non-hydrogen) atoms. The lowest BCUT2D eigenvalue weighted by Crippen LogP contribution is -2.39. The molecule has 2 aromatic rings. The number of rotatable bonds is 4. The van der Waals surface area contributed by atoms with Crippen LogP contribution < -0.4 is 0 Å². The molecular formula is C21H22N2OS. The molecule has 0 bridgehead atoms. The lowest BCUT2D eigenvalue weighted by atomic mass is 9.99. The van der Waals surface area contributed by atoms with Crippen LogP contribution in [0.1, 0.15) is 41.3 Å². The molecule has 1 atom stereocenters. The molecule has 0 saturated carbocycles. The molecule has 0 N–H and O–H groups in total. The van der Waals surface area contributed by atoms with E-state index in [1.165, 1.54) is 6.42 Å². The third-order valence-electron chi connectivity index (χ3n) is 4.54. The summed E-state index contributed by atoms with van der Waals surface area (Å²) < 4.78 is 0. The van der Waals surface area contributed by atoms with E-state index < -0.39 is 0 Å². The number of nitrogens with zero attached hydrogens (tertiary/aromatic N) is 2. The first-order chi connectivity index (χ1) is 12.2. The number of carbonyl (C=O) groups is 1. The summed E-state index contributed by atoms with van der Waals surface area (Å²) in [6, 6.07) is 17.6. The van der Waals surface area contributed by atoms with Crippen LogP contribution in [0.3, 0.4) is 0 Å². The quantitative estimate of drug-likeness (QED) is 0.749. The van der Waals surface area contributed by atoms with E-state index in [4.69, 9.17) is 5.26 Å². The highest BCUT2D eigenvalue weighted by Crippen LogP contribution is 2.28. The van der Waals surface area contributed by atoms with Crippen LogP contribution in [-0.4, -0.2) is 23.9 Å². The third-order valence-corrected chi connectivity index (χ3v) is 5.68. The van der Waals surface area contributed by atoms with Crippen LogP contribution in [0.2, 0.25) is 0 Å². The molecule has 0 aliphatic carbocycles. The molecular weight excluding hydrogens is 328 g/mol. The summed E-state index contributed by atoms with van der Waals surface area (Å²) >= 11 is 1.68. The number of hydrogen-bond acceptors (Lipinski definition) is 3. The van der Waals surface area contributed by atoms with Crippen molar-refractivity contribution in [3.05, 3.63) is 65.2 Å². The zero-order valence-electron chi connectivity index (χ0n) is 14.4.